The first kappa shape index (κ1) is 5.82. The van der Waals surface area contributed by atoms with Crippen LogP contribution in [-0.4, -0.2) is 4.57 Å². The maximum atomic E-state index is 15.7. The second kappa shape index (κ2) is 5.85. The van der Waals surface area contributed by atoms with Gasteiger partial charge in [0, 0.05) is 21.9 Å². The van der Waals surface area contributed by atoms with Crippen LogP contribution in [0.3, 0.4) is 0 Å². The van der Waals surface area contributed by atoms with Crippen LogP contribution in [0.15, 0.2) is 96.7 Å². The van der Waals surface area contributed by atoms with Crippen LogP contribution in [0.2, 0.25) is 0 Å². The SMILES string of the molecule is [2H]c1c([2H])c([2H])c(-c2c([2H])c([2H])c([2H])c([2H])c2-n2c3c([2H])c([2H])c([2H])c([2H])c3c3c([2H])c([2H])c([2H])c([2H])c32)c(F)c1[2H]. The Balaban J connectivity index is 2.24. The van der Waals surface area contributed by atoms with E-state index in [9.17, 15) is 0 Å². The van der Waals surface area contributed by atoms with Crippen molar-refractivity contribution in [2.75, 3.05) is 0 Å². The van der Waals surface area contributed by atoms with Crippen molar-refractivity contribution in [1.82, 2.24) is 4.57 Å². The number of halogens is 1. The fraction of sp³-hybridized carbons (Fsp3) is 0. The molecule has 1 heterocycles. The van der Waals surface area contributed by atoms with Crippen LogP contribution in [0.4, 0.5) is 4.39 Å². The molecule has 0 atom stereocenters. The molecule has 0 amide bonds. The van der Waals surface area contributed by atoms with Gasteiger partial charge in [0.05, 0.1) is 38.7 Å². The van der Waals surface area contributed by atoms with E-state index in [0.29, 0.717) is 0 Å². The van der Waals surface area contributed by atoms with Gasteiger partial charge in [0.1, 0.15) is 5.82 Å². The largest absolute Gasteiger partial charge is 0.309 e. The molecular weight excluding hydrogens is 321 g/mol. The summed E-state index contributed by atoms with van der Waals surface area (Å²) in [5, 5.41) is -0.811. The van der Waals surface area contributed by atoms with Gasteiger partial charge in [0.25, 0.3) is 0 Å². The molecule has 5 aromatic rings. The number of hydrogen-bond donors (Lipinski definition) is 0. The Kier molecular flexibility index (Phi) is 1.31. The third-order valence-electron chi connectivity index (χ3n) is 3.82. The zero-order valence-corrected chi connectivity index (χ0v) is 12.8. The first-order valence-electron chi connectivity index (χ1n) is 15.4. The molecule has 0 bridgehead atoms. The predicted octanol–water partition coefficient (Wildman–Crippen LogP) is 6.59. The predicted molar refractivity (Wildman–Crippen MR) is 106 cm³/mol. The van der Waals surface area contributed by atoms with Crippen molar-refractivity contribution in [3.05, 3.63) is 102 Å². The quantitative estimate of drug-likeness (QED) is 0.337. The lowest BCUT2D eigenvalue weighted by molar-refractivity contribution is 0.631. The van der Waals surface area contributed by atoms with Crippen LogP contribution in [0.5, 0.6) is 0 Å². The number of nitrogens with zero attached hydrogens (tertiary/aromatic N) is 1. The normalized spacial score (nSPS) is 19.9. The lowest BCUT2D eigenvalue weighted by Gasteiger charge is -2.14. The Morgan fingerprint density at radius 1 is 0.577 bits per heavy atom. The van der Waals surface area contributed by atoms with Gasteiger partial charge < -0.3 is 4.57 Å². The zero-order chi connectivity index (χ0) is 31.4. The zero-order valence-electron chi connectivity index (χ0n) is 28.8. The topological polar surface area (TPSA) is 4.93 Å². The molecule has 0 fully saturated rings. The van der Waals surface area contributed by atoms with Gasteiger partial charge in [-0.2, -0.15) is 0 Å². The van der Waals surface area contributed by atoms with E-state index >= 15 is 4.39 Å². The molecule has 0 spiro atoms. The van der Waals surface area contributed by atoms with E-state index in [-0.39, 0.29) is 0 Å². The number of fused-ring (bicyclic) bond motifs is 3. The Morgan fingerprint density at radius 2 is 1.08 bits per heavy atom. The van der Waals surface area contributed by atoms with E-state index < -0.39 is 141 Å². The van der Waals surface area contributed by atoms with Crippen molar-refractivity contribution in [2.24, 2.45) is 0 Å². The average molecular weight is 353 g/mol. The fourth-order valence-corrected chi connectivity index (χ4v) is 2.77. The van der Waals surface area contributed by atoms with E-state index in [1.54, 1.807) is 0 Å². The van der Waals surface area contributed by atoms with Crippen LogP contribution in [-0.2, 0) is 0 Å². The van der Waals surface area contributed by atoms with Crippen LogP contribution in [0.1, 0.15) is 21.9 Å². The molecule has 0 unspecified atom stereocenters. The molecule has 2 heteroatoms. The van der Waals surface area contributed by atoms with E-state index in [1.165, 1.54) is 0 Å². The van der Waals surface area contributed by atoms with Gasteiger partial charge in [-0.3, -0.25) is 0 Å². The van der Waals surface area contributed by atoms with Crippen LogP contribution in [0.25, 0.3) is 38.6 Å². The third-order valence-corrected chi connectivity index (χ3v) is 3.82. The minimum atomic E-state index is -1.57. The highest BCUT2D eigenvalue weighted by atomic mass is 19.1. The number of para-hydroxylation sites is 3. The van der Waals surface area contributed by atoms with Gasteiger partial charge in [-0.15, -0.1) is 0 Å². The molecule has 124 valence electrons. The Labute approximate surface area is 173 Å². The average Bonchev–Trinajstić information content (AvgIpc) is 3.32. The Bertz CT molecular complexity index is 1960. The second-order valence-corrected chi connectivity index (χ2v) is 5.20. The molecule has 0 aliphatic heterocycles. The van der Waals surface area contributed by atoms with Crippen LogP contribution >= 0.6 is 0 Å². The van der Waals surface area contributed by atoms with Crippen LogP contribution < -0.4 is 0 Å². The summed E-state index contributed by atoms with van der Waals surface area (Å²) in [6, 6.07) is -13.9. The first-order valence-corrected chi connectivity index (χ1v) is 7.36. The smallest absolute Gasteiger partial charge is 0.131 e. The van der Waals surface area contributed by atoms with Crippen molar-refractivity contribution in [1.29, 1.82) is 0 Å². The van der Waals surface area contributed by atoms with Crippen molar-refractivity contribution in [3.8, 4) is 16.8 Å². The maximum Gasteiger partial charge on any atom is 0.131 e. The van der Waals surface area contributed by atoms with Gasteiger partial charge in [0.15, 0.2) is 0 Å². The summed E-state index contributed by atoms with van der Waals surface area (Å²) in [6.45, 7) is 0. The van der Waals surface area contributed by atoms with Gasteiger partial charge in [-0.25, -0.2) is 4.39 Å². The second-order valence-electron chi connectivity index (χ2n) is 5.20. The molecular formula is C24H16FN. The monoisotopic (exact) mass is 353 g/mol. The van der Waals surface area contributed by atoms with E-state index in [1.807, 2.05) is 0 Å². The molecule has 0 saturated heterocycles. The highest BCUT2D eigenvalue weighted by Gasteiger charge is 2.15. The van der Waals surface area contributed by atoms with Crippen molar-refractivity contribution >= 4 is 21.8 Å². The number of aromatic nitrogens is 1. The number of hydrogen-bond acceptors (Lipinski definition) is 0. The molecule has 5 rings (SSSR count). The van der Waals surface area contributed by atoms with Crippen molar-refractivity contribution < 1.29 is 26.3 Å². The van der Waals surface area contributed by atoms with Gasteiger partial charge in [-0.1, -0.05) is 72.5 Å². The fourth-order valence-electron chi connectivity index (χ4n) is 2.77. The van der Waals surface area contributed by atoms with Gasteiger partial charge >= 0.3 is 0 Å². The lowest BCUT2D eigenvalue weighted by atomic mass is 10.0. The maximum absolute atomic E-state index is 15.7. The molecule has 26 heavy (non-hydrogen) atoms. The molecule has 4 aromatic carbocycles. The van der Waals surface area contributed by atoms with Crippen LogP contribution in [0, 0.1) is 5.82 Å². The molecule has 0 aliphatic carbocycles. The molecule has 1 nitrogen and oxygen atoms in total. The molecule has 0 N–H and O–H groups in total. The summed E-state index contributed by atoms with van der Waals surface area (Å²) in [4.78, 5) is 0. The minimum absolute atomic E-state index is 0.406. The van der Waals surface area contributed by atoms with Gasteiger partial charge in [-0.05, 0) is 24.2 Å². The summed E-state index contributed by atoms with van der Waals surface area (Å²) in [5.74, 6) is -1.57. The lowest BCUT2D eigenvalue weighted by Crippen LogP contribution is -1.97. The summed E-state index contributed by atoms with van der Waals surface area (Å²) in [7, 11) is 0. The van der Waals surface area contributed by atoms with E-state index in [4.69, 9.17) is 21.9 Å². The standard InChI is InChI=1S/C24H16FN/c25-21-13-5-1-9-17(21)18-10-2-6-14-22(18)26-23-15-7-3-11-19(23)20-12-4-8-16-24(20)26/h1-16H/i1D,2D,3D,4D,5D,6D,7D,8D,9D,10D,11D,12D,13D,14D,15D,16D. The summed E-state index contributed by atoms with van der Waals surface area (Å²) < 4.78 is 150. The van der Waals surface area contributed by atoms with E-state index in [0.717, 1.165) is 4.57 Å². The number of benzene rings is 4. The summed E-state index contributed by atoms with van der Waals surface area (Å²) in [5.41, 5.74) is -3.57. The summed E-state index contributed by atoms with van der Waals surface area (Å²) >= 11 is 0. The highest BCUT2D eigenvalue weighted by molar-refractivity contribution is 6.09. The third kappa shape index (κ3) is 2.16. The molecule has 0 radical (unpaired) electrons. The molecule has 0 aliphatic rings. The van der Waals surface area contributed by atoms with Crippen molar-refractivity contribution in [2.45, 2.75) is 0 Å². The Hall–Kier alpha value is -3.39. The molecule has 0 saturated carbocycles. The number of rotatable bonds is 2. The highest BCUT2D eigenvalue weighted by Crippen LogP contribution is 2.36. The molecule has 1 aromatic heterocycles. The minimum Gasteiger partial charge on any atom is -0.309 e. The van der Waals surface area contributed by atoms with E-state index in [2.05, 4.69) is 0 Å². The Morgan fingerprint density at radius 3 is 1.77 bits per heavy atom. The summed E-state index contributed by atoms with van der Waals surface area (Å²) in [6.07, 6.45) is 0. The van der Waals surface area contributed by atoms with Crippen molar-refractivity contribution in [3.63, 3.8) is 0 Å². The van der Waals surface area contributed by atoms with Gasteiger partial charge in [0.2, 0.25) is 0 Å². The first-order chi connectivity index (χ1) is 19.5.